The second kappa shape index (κ2) is 5.02. The first kappa shape index (κ1) is 13.1. The van der Waals surface area contributed by atoms with E-state index in [2.05, 4.69) is 29.6 Å². The van der Waals surface area contributed by atoms with Gasteiger partial charge in [0.2, 0.25) is 0 Å². The van der Waals surface area contributed by atoms with Crippen molar-refractivity contribution in [3.63, 3.8) is 0 Å². The number of carbonyl (C=O) groups excluding carboxylic acids is 1. The second-order valence-corrected chi connectivity index (χ2v) is 5.94. The molecule has 2 aromatic rings. The first-order valence-electron chi connectivity index (χ1n) is 7.58. The highest BCUT2D eigenvalue weighted by atomic mass is 16.4. The molecule has 0 radical (unpaired) electrons. The van der Waals surface area contributed by atoms with Gasteiger partial charge in [0.25, 0.3) is 0 Å². The summed E-state index contributed by atoms with van der Waals surface area (Å²) in [5, 5.41) is 14.9. The third kappa shape index (κ3) is 1.93. The number of carbonyl (C=O) groups is 1. The Morgan fingerprint density at radius 2 is 1.91 bits per heavy atom. The van der Waals surface area contributed by atoms with E-state index in [-0.39, 0.29) is 17.5 Å². The van der Waals surface area contributed by atoms with Gasteiger partial charge >= 0.3 is 0 Å². The third-order valence-corrected chi connectivity index (χ3v) is 4.78. The fourth-order valence-corrected chi connectivity index (χ4v) is 3.78. The van der Waals surface area contributed by atoms with Gasteiger partial charge in [-0.1, -0.05) is 60.7 Å². The van der Waals surface area contributed by atoms with Crippen LogP contribution in [0.2, 0.25) is 0 Å². The summed E-state index contributed by atoms with van der Waals surface area (Å²) in [6.45, 7) is 0. The average molecular weight is 290 g/mol. The topological polar surface area (TPSA) is 52.2 Å². The van der Waals surface area contributed by atoms with Crippen LogP contribution in [0.4, 0.5) is 5.69 Å². The van der Waals surface area contributed by atoms with Crippen molar-refractivity contribution in [3.05, 3.63) is 77.4 Å². The molecule has 1 aliphatic heterocycles. The predicted octanol–water partition coefficient (Wildman–Crippen LogP) is 2.88. The van der Waals surface area contributed by atoms with Crippen LogP contribution >= 0.6 is 0 Å². The van der Waals surface area contributed by atoms with Gasteiger partial charge in [-0.2, -0.15) is 0 Å². The van der Waals surface area contributed by atoms with Crippen LogP contribution in [0.3, 0.4) is 0 Å². The highest BCUT2D eigenvalue weighted by molar-refractivity contribution is 5.94. The van der Waals surface area contributed by atoms with Crippen molar-refractivity contribution in [1.82, 2.24) is 0 Å². The second-order valence-electron chi connectivity index (χ2n) is 5.94. The number of nitrogens with one attached hydrogen (secondary N) is 1. The average Bonchev–Trinajstić information content (AvgIpc) is 3.04. The molecule has 0 amide bonds. The van der Waals surface area contributed by atoms with Crippen LogP contribution in [-0.2, 0) is 0 Å². The van der Waals surface area contributed by atoms with Crippen LogP contribution in [0.25, 0.3) is 0 Å². The summed E-state index contributed by atoms with van der Waals surface area (Å²) in [5.41, 5.74) is 3.22. The molecule has 0 aromatic heterocycles. The number of allylic oxidation sites excluding steroid dienone is 2. The molecule has 1 N–H and O–H groups in total. The fourth-order valence-electron chi connectivity index (χ4n) is 3.78. The lowest BCUT2D eigenvalue weighted by Gasteiger charge is -2.38. The van der Waals surface area contributed by atoms with Crippen LogP contribution in [-0.4, -0.2) is 5.97 Å². The highest BCUT2D eigenvalue weighted by Gasteiger charge is 2.38. The fraction of sp³-hybridized carbons (Fsp3) is 0.211. The molecule has 4 rings (SSSR count). The summed E-state index contributed by atoms with van der Waals surface area (Å²) in [7, 11) is 0. The molecule has 0 saturated heterocycles. The Bertz CT molecular complexity index is 751. The standard InChI is InChI=1S/C19H17NO2/c21-19(22)16-11-5-10-15-13-8-4-9-14(13)17(20-18(15)16)12-6-2-1-3-7-12/h1-8,10-11,13-14,17,20H,9H2,(H,21,22)/p-1/t13-,14-,17+/m0/s1. The maximum Gasteiger partial charge on any atom is 0.0736 e. The Morgan fingerprint density at radius 1 is 1.09 bits per heavy atom. The number of rotatable bonds is 2. The van der Waals surface area contributed by atoms with E-state index < -0.39 is 5.97 Å². The summed E-state index contributed by atoms with van der Waals surface area (Å²) in [6, 6.07) is 15.8. The Morgan fingerprint density at radius 3 is 2.68 bits per heavy atom. The maximum atomic E-state index is 11.4. The number of fused-ring (bicyclic) bond motifs is 3. The van der Waals surface area contributed by atoms with E-state index in [9.17, 15) is 9.90 Å². The summed E-state index contributed by atoms with van der Waals surface area (Å²) >= 11 is 0. The Labute approximate surface area is 129 Å². The van der Waals surface area contributed by atoms with Gasteiger partial charge in [0, 0.05) is 17.2 Å². The first-order valence-corrected chi connectivity index (χ1v) is 7.58. The molecule has 3 heteroatoms. The van der Waals surface area contributed by atoms with Crippen molar-refractivity contribution < 1.29 is 9.90 Å². The molecule has 1 aliphatic carbocycles. The zero-order valence-electron chi connectivity index (χ0n) is 12.0. The normalized spacial score (nSPS) is 25.2. The van der Waals surface area contributed by atoms with Crippen molar-refractivity contribution in [2.45, 2.75) is 18.4 Å². The maximum absolute atomic E-state index is 11.4. The number of para-hydroxylation sites is 1. The van der Waals surface area contributed by atoms with E-state index in [0.717, 1.165) is 12.0 Å². The number of anilines is 1. The molecule has 0 bridgehead atoms. The Hall–Kier alpha value is -2.55. The molecule has 1 heterocycles. The van der Waals surface area contributed by atoms with Gasteiger partial charge in [-0.05, 0) is 23.5 Å². The van der Waals surface area contributed by atoms with Crippen LogP contribution in [0.15, 0.2) is 60.7 Å². The number of aromatic carboxylic acids is 1. The highest BCUT2D eigenvalue weighted by Crippen LogP contribution is 2.50. The van der Waals surface area contributed by atoms with Gasteiger partial charge in [0.15, 0.2) is 0 Å². The molecule has 3 atom stereocenters. The lowest BCUT2D eigenvalue weighted by molar-refractivity contribution is -0.254. The van der Waals surface area contributed by atoms with Gasteiger partial charge in [0.05, 0.1) is 12.0 Å². The third-order valence-electron chi connectivity index (χ3n) is 4.78. The molecular weight excluding hydrogens is 274 g/mol. The van der Waals surface area contributed by atoms with E-state index in [1.165, 1.54) is 5.56 Å². The number of hydrogen-bond acceptors (Lipinski definition) is 3. The van der Waals surface area contributed by atoms with Crippen molar-refractivity contribution in [3.8, 4) is 0 Å². The first-order chi connectivity index (χ1) is 10.8. The molecule has 22 heavy (non-hydrogen) atoms. The molecule has 0 spiro atoms. The van der Waals surface area contributed by atoms with Crippen LogP contribution in [0.5, 0.6) is 0 Å². The van der Waals surface area contributed by atoms with E-state index in [4.69, 9.17) is 0 Å². The lowest BCUT2D eigenvalue weighted by Crippen LogP contribution is -2.32. The minimum absolute atomic E-state index is 0.120. The van der Waals surface area contributed by atoms with Crippen LogP contribution in [0.1, 0.15) is 39.9 Å². The predicted molar refractivity (Wildman–Crippen MR) is 83.6 cm³/mol. The number of benzene rings is 2. The Kier molecular flexibility index (Phi) is 3.00. The summed E-state index contributed by atoms with van der Waals surface area (Å²) in [4.78, 5) is 11.4. The monoisotopic (exact) mass is 290 g/mol. The molecule has 110 valence electrons. The number of carboxylic acids is 1. The quantitative estimate of drug-likeness (QED) is 0.865. The van der Waals surface area contributed by atoms with Crippen molar-refractivity contribution in [2.75, 3.05) is 5.32 Å². The molecule has 0 fully saturated rings. The van der Waals surface area contributed by atoms with Crippen molar-refractivity contribution >= 4 is 11.7 Å². The van der Waals surface area contributed by atoms with E-state index in [0.29, 0.717) is 11.6 Å². The van der Waals surface area contributed by atoms with E-state index in [1.54, 1.807) is 12.1 Å². The van der Waals surface area contributed by atoms with Crippen LogP contribution < -0.4 is 10.4 Å². The summed E-state index contributed by atoms with van der Waals surface area (Å²) in [5.74, 6) is -0.441. The Balaban J connectivity index is 1.85. The van der Waals surface area contributed by atoms with Gasteiger partial charge in [-0.15, -0.1) is 0 Å². The zero-order chi connectivity index (χ0) is 15.1. The lowest BCUT2D eigenvalue weighted by atomic mass is 9.76. The zero-order valence-corrected chi connectivity index (χ0v) is 12.0. The largest absolute Gasteiger partial charge is 0.545 e. The number of carboxylic acid groups (broad SMARTS) is 1. The minimum atomic E-state index is -1.13. The molecule has 2 aliphatic rings. The van der Waals surface area contributed by atoms with Gasteiger partial charge in [-0.25, -0.2) is 0 Å². The molecule has 0 saturated carbocycles. The molecule has 3 nitrogen and oxygen atoms in total. The number of hydrogen-bond donors (Lipinski definition) is 1. The van der Waals surface area contributed by atoms with E-state index in [1.807, 2.05) is 24.3 Å². The smallest absolute Gasteiger partial charge is 0.0736 e. The molecular formula is C19H16NO2-. The van der Waals surface area contributed by atoms with Gasteiger partial charge in [0.1, 0.15) is 0 Å². The summed E-state index contributed by atoms with van der Waals surface area (Å²) < 4.78 is 0. The molecule has 0 unspecified atom stereocenters. The SMILES string of the molecule is O=C([O-])c1cccc2c1N[C@H](c1ccccc1)[C@H]1CC=C[C@H]21. The van der Waals surface area contributed by atoms with Gasteiger partial charge < -0.3 is 15.2 Å². The minimum Gasteiger partial charge on any atom is -0.545 e. The van der Waals surface area contributed by atoms with Crippen LogP contribution in [0, 0.1) is 5.92 Å². The molecule has 2 aromatic carbocycles. The van der Waals surface area contributed by atoms with Gasteiger partial charge in [-0.3, -0.25) is 0 Å². The summed E-state index contributed by atoms with van der Waals surface area (Å²) in [6.07, 6.45) is 5.42. The van der Waals surface area contributed by atoms with E-state index >= 15 is 0 Å². The van der Waals surface area contributed by atoms with Crippen molar-refractivity contribution in [1.29, 1.82) is 0 Å². The van der Waals surface area contributed by atoms with Crippen molar-refractivity contribution in [2.24, 2.45) is 5.92 Å².